The molecule has 0 unspecified atom stereocenters. The number of nitrogens with zero attached hydrogens (tertiary/aromatic N) is 7. The van der Waals surface area contributed by atoms with Gasteiger partial charge in [-0.2, -0.15) is 9.61 Å². The number of aromatic nitrogens is 7. The zero-order chi connectivity index (χ0) is 21.6. The topological polar surface area (TPSA) is 83.0 Å². The van der Waals surface area contributed by atoms with Gasteiger partial charge < -0.3 is 4.74 Å². The molecule has 4 aromatic rings. The van der Waals surface area contributed by atoms with Crippen LogP contribution in [0.4, 0.5) is 13.2 Å². The molecule has 11 heteroatoms. The number of benzene rings is 1. The molecule has 1 aromatic carbocycles. The maximum absolute atomic E-state index is 14.3. The van der Waals surface area contributed by atoms with E-state index in [1.165, 1.54) is 6.33 Å². The monoisotopic (exact) mass is 417 g/mol. The zero-order valence-electron chi connectivity index (χ0n) is 16.7. The standard InChI is InChI=1S/C19H18F3N7O/c1-19(2,3)10-7-13-25-26-17(15-11(20)5-6-12(21)16(15)22)29(13)27-18(10)30-8-14-23-9-24-28(14)4/h5-7,9H,8H2,1-4H3. The van der Waals surface area contributed by atoms with Crippen molar-refractivity contribution < 1.29 is 17.9 Å². The predicted molar refractivity (Wildman–Crippen MR) is 100 cm³/mol. The van der Waals surface area contributed by atoms with Crippen molar-refractivity contribution in [3.8, 4) is 17.3 Å². The summed E-state index contributed by atoms with van der Waals surface area (Å²) >= 11 is 0. The smallest absolute Gasteiger partial charge is 0.236 e. The van der Waals surface area contributed by atoms with Crippen molar-refractivity contribution in [2.24, 2.45) is 7.05 Å². The average molecular weight is 417 g/mol. The van der Waals surface area contributed by atoms with Crippen LogP contribution in [0.25, 0.3) is 17.0 Å². The molecule has 8 nitrogen and oxygen atoms in total. The molecule has 0 aliphatic heterocycles. The Morgan fingerprint density at radius 2 is 1.80 bits per heavy atom. The molecule has 3 heterocycles. The van der Waals surface area contributed by atoms with Crippen LogP contribution in [-0.4, -0.2) is 34.6 Å². The van der Waals surface area contributed by atoms with Crippen LogP contribution in [-0.2, 0) is 19.1 Å². The van der Waals surface area contributed by atoms with Gasteiger partial charge in [-0.3, -0.25) is 4.68 Å². The largest absolute Gasteiger partial charge is 0.468 e. The molecule has 0 radical (unpaired) electrons. The van der Waals surface area contributed by atoms with Crippen molar-refractivity contribution in [3.05, 3.63) is 53.4 Å². The lowest BCUT2D eigenvalue weighted by molar-refractivity contribution is 0.266. The molecule has 0 atom stereocenters. The average Bonchev–Trinajstić information content (AvgIpc) is 3.28. The minimum atomic E-state index is -1.37. The third-order valence-corrected chi connectivity index (χ3v) is 4.58. The number of fused-ring (bicyclic) bond motifs is 1. The van der Waals surface area contributed by atoms with E-state index in [0.717, 1.165) is 10.6 Å². The van der Waals surface area contributed by atoms with Gasteiger partial charge in [0.2, 0.25) is 5.88 Å². The van der Waals surface area contributed by atoms with E-state index in [2.05, 4.69) is 25.4 Å². The molecule has 0 bridgehead atoms. The van der Waals surface area contributed by atoms with Crippen LogP contribution in [0.3, 0.4) is 0 Å². The number of halogens is 3. The summed E-state index contributed by atoms with van der Waals surface area (Å²) in [5.74, 6) is -3.06. The van der Waals surface area contributed by atoms with Crippen molar-refractivity contribution in [1.29, 1.82) is 0 Å². The minimum Gasteiger partial charge on any atom is -0.468 e. The van der Waals surface area contributed by atoms with Crippen molar-refractivity contribution in [3.63, 3.8) is 0 Å². The minimum absolute atomic E-state index is 0.0677. The molecule has 0 aliphatic carbocycles. The summed E-state index contributed by atoms with van der Waals surface area (Å²) < 4.78 is 50.9. The molecule has 156 valence electrons. The Morgan fingerprint density at radius 1 is 1.07 bits per heavy atom. The molecule has 0 amide bonds. The Labute approximate surface area is 169 Å². The van der Waals surface area contributed by atoms with Gasteiger partial charge in [-0.1, -0.05) is 20.8 Å². The second kappa shape index (κ2) is 7.08. The summed E-state index contributed by atoms with van der Waals surface area (Å²) in [5, 5.41) is 16.2. The van der Waals surface area contributed by atoms with Crippen molar-refractivity contribution >= 4 is 5.65 Å². The lowest BCUT2D eigenvalue weighted by Gasteiger charge is -2.21. The van der Waals surface area contributed by atoms with Crippen LogP contribution in [0, 0.1) is 17.5 Å². The Hall–Kier alpha value is -3.50. The third kappa shape index (κ3) is 3.36. The Balaban J connectivity index is 1.87. The first-order valence-corrected chi connectivity index (χ1v) is 9.03. The summed E-state index contributed by atoms with van der Waals surface area (Å²) in [6, 6.07) is 3.20. The lowest BCUT2D eigenvalue weighted by atomic mass is 9.88. The van der Waals surface area contributed by atoms with Gasteiger partial charge in [0.25, 0.3) is 0 Å². The van der Waals surface area contributed by atoms with E-state index < -0.39 is 23.0 Å². The maximum atomic E-state index is 14.3. The second-order valence-corrected chi connectivity index (χ2v) is 7.71. The summed E-state index contributed by atoms with van der Waals surface area (Å²) in [7, 11) is 1.72. The highest BCUT2D eigenvalue weighted by Gasteiger charge is 2.26. The Bertz CT molecular complexity index is 1240. The molecule has 0 spiro atoms. The maximum Gasteiger partial charge on any atom is 0.236 e. The molecular weight excluding hydrogens is 399 g/mol. The number of hydrogen-bond donors (Lipinski definition) is 0. The number of hydrogen-bond acceptors (Lipinski definition) is 6. The van der Waals surface area contributed by atoms with E-state index >= 15 is 0 Å². The van der Waals surface area contributed by atoms with Gasteiger partial charge in [0.15, 0.2) is 28.9 Å². The van der Waals surface area contributed by atoms with Gasteiger partial charge in [-0.05, 0) is 23.6 Å². The summed E-state index contributed by atoms with van der Waals surface area (Å²) in [6.07, 6.45) is 1.40. The molecule has 30 heavy (non-hydrogen) atoms. The molecular formula is C19H18F3N7O. The van der Waals surface area contributed by atoms with Crippen LogP contribution in [0.2, 0.25) is 0 Å². The summed E-state index contributed by atoms with van der Waals surface area (Å²) in [6.45, 7) is 5.94. The summed E-state index contributed by atoms with van der Waals surface area (Å²) in [5.41, 5.74) is -0.0936. The van der Waals surface area contributed by atoms with Crippen molar-refractivity contribution in [2.45, 2.75) is 32.8 Å². The molecule has 0 fully saturated rings. The highest BCUT2D eigenvalue weighted by Crippen LogP contribution is 2.33. The van der Waals surface area contributed by atoms with Crippen LogP contribution in [0.15, 0.2) is 24.5 Å². The Morgan fingerprint density at radius 3 is 2.47 bits per heavy atom. The van der Waals surface area contributed by atoms with E-state index in [1.54, 1.807) is 17.8 Å². The fraction of sp³-hybridized carbons (Fsp3) is 0.316. The van der Waals surface area contributed by atoms with Gasteiger partial charge in [-0.15, -0.1) is 15.3 Å². The van der Waals surface area contributed by atoms with E-state index in [0.29, 0.717) is 17.5 Å². The van der Waals surface area contributed by atoms with Crippen LogP contribution in [0.1, 0.15) is 32.2 Å². The highest BCUT2D eigenvalue weighted by atomic mass is 19.2. The number of rotatable bonds is 4. The fourth-order valence-corrected chi connectivity index (χ4v) is 2.93. The van der Waals surface area contributed by atoms with Crippen LogP contribution >= 0.6 is 0 Å². The quantitative estimate of drug-likeness (QED) is 0.474. The van der Waals surface area contributed by atoms with Gasteiger partial charge >= 0.3 is 0 Å². The second-order valence-electron chi connectivity index (χ2n) is 7.71. The molecule has 4 rings (SSSR count). The van der Waals surface area contributed by atoms with E-state index in [9.17, 15) is 13.2 Å². The first kappa shape index (κ1) is 19.8. The first-order valence-electron chi connectivity index (χ1n) is 9.03. The number of aryl methyl sites for hydroxylation is 1. The third-order valence-electron chi connectivity index (χ3n) is 4.58. The fourth-order valence-electron chi connectivity index (χ4n) is 2.93. The predicted octanol–water partition coefficient (Wildman–Crippen LogP) is 3.21. The lowest BCUT2D eigenvalue weighted by Crippen LogP contribution is -2.17. The zero-order valence-corrected chi connectivity index (χ0v) is 16.7. The number of ether oxygens (including phenoxy) is 1. The van der Waals surface area contributed by atoms with Crippen molar-refractivity contribution in [1.82, 2.24) is 34.6 Å². The summed E-state index contributed by atoms with van der Waals surface area (Å²) in [4.78, 5) is 4.10. The highest BCUT2D eigenvalue weighted by molar-refractivity contribution is 5.61. The molecule has 0 saturated carbocycles. The Kier molecular flexibility index (Phi) is 4.67. The molecule has 3 aromatic heterocycles. The molecule has 0 aliphatic rings. The SMILES string of the molecule is Cn1ncnc1COc1nn2c(-c3c(F)ccc(F)c3F)nnc2cc1C(C)(C)C. The van der Waals surface area contributed by atoms with Gasteiger partial charge in [0, 0.05) is 12.6 Å². The van der Waals surface area contributed by atoms with E-state index in [-0.39, 0.29) is 29.4 Å². The van der Waals surface area contributed by atoms with Gasteiger partial charge in [0.1, 0.15) is 18.8 Å². The van der Waals surface area contributed by atoms with E-state index in [1.807, 2.05) is 20.8 Å². The van der Waals surface area contributed by atoms with Crippen LogP contribution < -0.4 is 4.74 Å². The van der Waals surface area contributed by atoms with Gasteiger partial charge in [0.05, 0.1) is 5.56 Å². The van der Waals surface area contributed by atoms with Crippen LogP contribution in [0.5, 0.6) is 5.88 Å². The first-order chi connectivity index (χ1) is 14.2. The van der Waals surface area contributed by atoms with Crippen molar-refractivity contribution in [2.75, 3.05) is 0 Å². The van der Waals surface area contributed by atoms with E-state index in [4.69, 9.17) is 4.74 Å². The molecule has 0 N–H and O–H groups in total. The molecule has 0 saturated heterocycles. The normalized spacial score (nSPS) is 12.0. The van der Waals surface area contributed by atoms with Gasteiger partial charge in [-0.25, -0.2) is 18.2 Å².